The van der Waals surface area contributed by atoms with E-state index in [1.54, 1.807) is 0 Å². The lowest BCUT2D eigenvalue weighted by Gasteiger charge is -2.07. The number of nitrogens with zero attached hydrogens (tertiary/aromatic N) is 3. The maximum atomic E-state index is 13.0. The normalized spacial score (nSPS) is 12.3. The Hall–Kier alpha value is -2.43. The van der Waals surface area contributed by atoms with Crippen LogP contribution in [0.15, 0.2) is 53.4 Å². The molecule has 0 fully saturated rings. The molecule has 136 valence electrons. The highest BCUT2D eigenvalue weighted by atomic mass is 35.5. The molecule has 3 aromatic rings. The second-order valence-corrected chi connectivity index (χ2v) is 7.21. The largest absolute Gasteiger partial charge is 0.453 e. The predicted molar refractivity (Wildman–Crippen MR) is 88.2 cm³/mol. The highest BCUT2D eigenvalue weighted by Gasteiger charge is 2.37. The highest BCUT2D eigenvalue weighted by Crippen LogP contribution is 2.31. The smallest absolute Gasteiger partial charge is 0.225 e. The van der Waals surface area contributed by atoms with Gasteiger partial charge in [-0.05, 0) is 48.5 Å². The van der Waals surface area contributed by atoms with Gasteiger partial charge in [0.25, 0.3) is 5.82 Å². The van der Waals surface area contributed by atoms with E-state index in [0.29, 0.717) is 10.6 Å². The van der Waals surface area contributed by atoms with Gasteiger partial charge in [-0.2, -0.15) is 13.2 Å². The van der Waals surface area contributed by atoms with Gasteiger partial charge in [0.15, 0.2) is 5.82 Å². The lowest BCUT2D eigenvalue weighted by Crippen LogP contribution is -2.12. The summed E-state index contributed by atoms with van der Waals surface area (Å²) in [6, 6.07) is 10.9. The molecule has 0 radical (unpaired) electrons. The van der Waals surface area contributed by atoms with Crippen molar-refractivity contribution in [3.63, 3.8) is 0 Å². The zero-order valence-electron chi connectivity index (χ0n) is 12.8. The Labute approximate surface area is 151 Å². The van der Waals surface area contributed by atoms with E-state index in [0.717, 1.165) is 4.68 Å². The zero-order chi connectivity index (χ0) is 19.1. The van der Waals surface area contributed by atoms with Crippen molar-refractivity contribution < 1.29 is 21.6 Å². The van der Waals surface area contributed by atoms with Crippen LogP contribution in [0.4, 0.5) is 13.2 Å². The van der Waals surface area contributed by atoms with Crippen LogP contribution in [0.3, 0.4) is 0 Å². The van der Waals surface area contributed by atoms with E-state index in [1.807, 2.05) is 0 Å². The quantitative estimate of drug-likeness (QED) is 0.728. The molecule has 1 heterocycles. The van der Waals surface area contributed by atoms with E-state index in [-0.39, 0.29) is 16.4 Å². The molecule has 2 aromatic carbocycles. The van der Waals surface area contributed by atoms with E-state index in [1.165, 1.54) is 48.5 Å². The molecule has 0 aliphatic rings. The fraction of sp³-hybridized carbons (Fsp3) is 0.0667. The van der Waals surface area contributed by atoms with Crippen LogP contribution >= 0.6 is 11.6 Å². The number of halogens is 4. The predicted octanol–water partition coefficient (Wildman–Crippen LogP) is 3.25. The van der Waals surface area contributed by atoms with E-state index in [9.17, 15) is 21.6 Å². The Morgan fingerprint density at radius 1 is 1.00 bits per heavy atom. The maximum Gasteiger partial charge on any atom is 0.453 e. The fourth-order valence-electron chi connectivity index (χ4n) is 2.18. The molecule has 6 nitrogen and oxygen atoms in total. The van der Waals surface area contributed by atoms with Gasteiger partial charge < -0.3 is 0 Å². The summed E-state index contributed by atoms with van der Waals surface area (Å²) >= 11 is 5.80. The molecule has 1 aromatic heterocycles. The summed E-state index contributed by atoms with van der Waals surface area (Å²) in [6.45, 7) is 0. The minimum absolute atomic E-state index is 0.0719. The van der Waals surface area contributed by atoms with Crippen molar-refractivity contribution in [3.8, 4) is 17.1 Å². The Kier molecular flexibility index (Phi) is 4.51. The number of sulfonamides is 1. The molecule has 0 amide bonds. The lowest BCUT2D eigenvalue weighted by atomic mass is 10.2. The number of primary sulfonamides is 1. The number of aromatic nitrogens is 3. The van der Waals surface area contributed by atoms with E-state index in [4.69, 9.17) is 16.7 Å². The van der Waals surface area contributed by atoms with E-state index in [2.05, 4.69) is 10.1 Å². The van der Waals surface area contributed by atoms with Crippen LogP contribution in [0, 0.1) is 0 Å². The Morgan fingerprint density at radius 2 is 1.58 bits per heavy atom. The van der Waals surface area contributed by atoms with Crippen LogP contribution in [-0.4, -0.2) is 23.2 Å². The molecule has 0 saturated heterocycles. The number of nitrogens with two attached hydrogens (primary N) is 1. The third-order valence-corrected chi connectivity index (χ3v) is 4.55. The molecular weight excluding hydrogens is 393 g/mol. The minimum Gasteiger partial charge on any atom is -0.225 e. The summed E-state index contributed by atoms with van der Waals surface area (Å²) in [6.07, 6.45) is -4.74. The standard InChI is InChI=1S/C15H10ClF3N4O2S/c16-10-3-1-9(2-4-10)13-21-14(15(17,18)19)22-23(13)11-5-7-12(8-6-11)26(20,24)25/h1-8H,(H2,20,24,25). The number of benzene rings is 2. The first-order valence-corrected chi connectivity index (χ1v) is 8.91. The van der Waals surface area contributed by atoms with Crippen molar-refractivity contribution in [3.05, 3.63) is 59.4 Å². The van der Waals surface area contributed by atoms with Gasteiger partial charge in [-0.1, -0.05) is 11.6 Å². The van der Waals surface area contributed by atoms with Crippen molar-refractivity contribution in [1.82, 2.24) is 14.8 Å². The number of alkyl halides is 3. The number of hydrogen-bond donors (Lipinski definition) is 1. The van der Waals surface area contributed by atoms with Crippen LogP contribution in [0.2, 0.25) is 5.02 Å². The summed E-state index contributed by atoms with van der Waals surface area (Å²) in [4.78, 5) is 3.39. The first kappa shape index (κ1) is 18.4. The zero-order valence-corrected chi connectivity index (χ0v) is 14.3. The molecule has 0 unspecified atom stereocenters. The average Bonchev–Trinajstić information content (AvgIpc) is 3.00. The summed E-state index contributed by atoms with van der Waals surface area (Å²) in [5.74, 6) is -1.39. The first-order valence-electron chi connectivity index (χ1n) is 6.99. The van der Waals surface area contributed by atoms with Gasteiger partial charge >= 0.3 is 6.18 Å². The highest BCUT2D eigenvalue weighted by molar-refractivity contribution is 7.89. The molecule has 0 aliphatic heterocycles. The summed E-state index contributed by atoms with van der Waals surface area (Å²) in [5.41, 5.74) is 0.540. The molecule has 26 heavy (non-hydrogen) atoms. The van der Waals surface area contributed by atoms with Gasteiger partial charge in [-0.25, -0.2) is 23.2 Å². The first-order chi connectivity index (χ1) is 12.1. The molecule has 0 spiro atoms. The van der Waals surface area contributed by atoms with Crippen LogP contribution < -0.4 is 5.14 Å². The third-order valence-electron chi connectivity index (χ3n) is 3.37. The van der Waals surface area contributed by atoms with Crippen LogP contribution in [-0.2, 0) is 16.2 Å². The van der Waals surface area contributed by atoms with Crippen molar-refractivity contribution >= 4 is 21.6 Å². The molecule has 0 saturated carbocycles. The third kappa shape index (κ3) is 3.71. The van der Waals surface area contributed by atoms with Gasteiger partial charge in [0.2, 0.25) is 10.0 Å². The van der Waals surface area contributed by atoms with Gasteiger partial charge in [0.05, 0.1) is 10.6 Å². The SMILES string of the molecule is NS(=O)(=O)c1ccc(-n2nc(C(F)(F)F)nc2-c2ccc(Cl)cc2)cc1. The topological polar surface area (TPSA) is 90.9 Å². The van der Waals surface area contributed by atoms with Gasteiger partial charge in [-0.15, -0.1) is 5.10 Å². The van der Waals surface area contributed by atoms with Crippen molar-refractivity contribution in [1.29, 1.82) is 0 Å². The molecule has 0 bridgehead atoms. The molecule has 11 heteroatoms. The molecule has 2 N–H and O–H groups in total. The Balaban J connectivity index is 2.16. The van der Waals surface area contributed by atoms with Gasteiger partial charge in [0.1, 0.15) is 0 Å². The summed E-state index contributed by atoms with van der Waals surface area (Å²) in [7, 11) is -3.93. The molecule has 3 rings (SSSR count). The molecule has 0 atom stereocenters. The number of rotatable bonds is 3. The lowest BCUT2D eigenvalue weighted by molar-refractivity contribution is -0.144. The monoisotopic (exact) mass is 402 g/mol. The summed E-state index contributed by atoms with van der Waals surface area (Å²) in [5, 5.41) is 8.94. The molecular formula is C15H10ClF3N4O2S. The van der Waals surface area contributed by atoms with Crippen LogP contribution in [0.1, 0.15) is 5.82 Å². The van der Waals surface area contributed by atoms with Crippen LogP contribution in [0.25, 0.3) is 17.1 Å². The maximum absolute atomic E-state index is 13.0. The Bertz CT molecular complexity index is 1050. The van der Waals surface area contributed by atoms with E-state index < -0.39 is 22.0 Å². The van der Waals surface area contributed by atoms with Crippen molar-refractivity contribution in [2.75, 3.05) is 0 Å². The Morgan fingerprint density at radius 3 is 2.08 bits per heavy atom. The molecule has 0 aliphatic carbocycles. The second kappa shape index (κ2) is 6.38. The van der Waals surface area contributed by atoms with Gasteiger partial charge in [0, 0.05) is 10.6 Å². The van der Waals surface area contributed by atoms with Crippen LogP contribution in [0.5, 0.6) is 0 Å². The van der Waals surface area contributed by atoms with Crippen molar-refractivity contribution in [2.24, 2.45) is 5.14 Å². The summed E-state index contributed by atoms with van der Waals surface area (Å²) < 4.78 is 62.7. The fourth-order valence-corrected chi connectivity index (χ4v) is 2.82. The van der Waals surface area contributed by atoms with Gasteiger partial charge in [-0.3, -0.25) is 0 Å². The number of hydrogen-bond acceptors (Lipinski definition) is 4. The van der Waals surface area contributed by atoms with Crippen molar-refractivity contribution in [2.45, 2.75) is 11.1 Å². The minimum atomic E-state index is -4.74. The average molecular weight is 403 g/mol. The second-order valence-electron chi connectivity index (χ2n) is 5.21. The van der Waals surface area contributed by atoms with E-state index >= 15 is 0 Å².